The van der Waals surface area contributed by atoms with Crippen LogP contribution in [0.4, 0.5) is 14.5 Å². The van der Waals surface area contributed by atoms with Gasteiger partial charge in [0.1, 0.15) is 11.6 Å². The Kier molecular flexibility index (Phi) is 4.45. The Morgan fingerprint density at radius 1 is 1.14 bits per heavy atom. The van der Waals surface area contributed by atoms with E-state index in [2.05, 4.69) is 0 Å². The third kappa shape index (κ3) is 3.43. The van der Waals surface area contributed by atoms with E-state index in [9.17, 15) is 23.7 Å². The smallest absolute Gasteiger partial charge is 0.311 e. The van der Waals surface area contributed by atoms with Crippen molar-refractivity contribution < 1.29 is 23.2 Å². The number of Topliss-reactive ketones (excluding diaryl/α,β-unsaturated/α-hetero) is 1. The molecule has 0 heterocycles. The Balaban J connectivity index is 2.23. The summed E-state index contributed by atoms with van der Waals surface area (Å²) in [5.41, 5.74) is -0.256. The van der Waals surface area contributed by atoms with Gasteiger partial charge in [0, 0.05) is 17.7 Å². The molecule has 0 aliphatic carbocycles. The van der Waals surface area contributed by atoms with Gasteiger partial charge in [-0.3, -0.25) is 14.9 Å². The van der Waals surface area contributed by atoms with Crippen molar-refractivity contribution in [3.05, 3.63) is 69.8 Å². The van der Waals surface area contributed by atoms with E-state index < -0.39 is 34.1 Å². The second-order valence-electron chi connectivity index (χ2n) is 4.50. The average molecular weight is 307 g/mol. The number of nitro benzene ring substituents is 1. The summed E-state index contributed by atoms with van der Waals surface area (Å²) in [5.74, 6) is -2.06. The maximum atomic E-state index is 13.2. The Bertz CT molecular complexity index is 716. The van der Waals surface area contributed by atoms with E-state index in [-0.39, 0.29) is 11.3 Å². The molecule has 1 unspecified atom stereocenters. The minimum atomic E-state index is -1.09. The molecule has 7 heteroatoms. The summed E-state index contributed by atoms with van der Waals surface area (Å²) in [4.78, 5) is 22.3. The van der Waals surface area contributed by atoms with E-state index >= 15 is 0 Å². The van der Waals surface area contributed by atoms with Crippen LogP contribution in [0, 0.1) is 21.7 Å². The first kappa shape index (κ1) is 15.6. The number of carbonyl (C=O) groups excluding carboxylic acids is 1. The highest BCUT2D eigenvalue weighted by Gasteiger charge is 2.22. The molecule has 0 radical (unpaired) electrons. The van der Waals surface area contributed by atoms with Gasteiger partial charge in [0.15, 0.2) is 6.10 Å². The first-order valence-corrected chi connectivity index (χ1v) is 6.29. The molecule has 0 aliphatic heterocycles. The van der Waals surface area contributed by atoms with Crippen molar-refractivity contribution in [3.63, 3.8) is 0 Å². The summed E-state index contributed by atoms with van der Waals surface area (Å²) in [7, 11) is 0. The summed E-state index contributed by atoms with van der Waals surface area (Å²) in [6.45, 7) is 1.38. The van der Waals surface area contributed by atoms with Crippen molar-refractivity contribution in [2.24, 2.45) is 0 Å². The van der Waals surface area contributed by atoms with Crippen LogP contribution in [0.25, 0.3) is 0 Å². The molecule has 0 saturated heterocycles. The zero-order valence-corrected chi connectivity index (χ0v) is 11.5. The second kappa shape index (κ2) is 6.30. The monoisotopic (exact) mass is 307 g/mol. The molecular formula is C15H11F2NO4. The van der Waals surface area contributed by atoms with Crippen molar-refractivity contribution in [3.8, 4) is 5.75 Å². The zero-order chi connectivity index (χ0) is 16.3. The number of halogens is 2. The highest BCUT2D eigenvalue weighted by Crippen LogP contribution is 2.28. The largest absolute Gasteiger partial charge is 0.475 e. The van der Waals surface area contributed by atoms with Gasteiger partial charge in [-0.25, -0.2) is 8.78 Å². The van der Waals surface area contributed by atoms with Crippen LogP contribution in [0.1, 0.15) is 17.3 Å². The number of nitro groups is 1. The van der Waals surface area contributed by atoms with Crippen LogP contribution in [0.5, 0.6) is 5.75 Å². The summed E-state index contributed by atoms with van der Waals surface area (Å²) < 4.78 is 31.2. The van der Waals surface area contributed by atoms with Crippen LogP contribution < -0.4 is 4.74 Å². The Morgan fingerprint density at radius 2 is 1.73 bits per heavy atom. The van der Waals surface area contributed by atoms with E-state index in [4.69, 9.17) is 4.74 Å². The summed E-state index contributed by atoms with van der Waals surface area (Å²) in [6.07, 6.45) is -1.09. The highest BCUT2D eigenvalue weighted by atomic mass is 19.1. The maximum absolute atomic E-state index is 13.2. The average Bonchev–Trinajstić information content (AvgIpc) is 2.47. The molecule has 0 aromatic heterocycles. The number of hydrogen-bond donors (Lipinski definition) is 0. The predicted octanol–water partition coefficient (Wildman–Crippen LogP) is 3.52. The van der Waals surface area contributed by atoms with Crippen molar-refractivity contribution in [1.29, 1.82) is 0 Å². The number of carbonyl (C=O) groups is 1. The molecule has 22 heavy (non-hydrogen) atoms. The molecule has 0 bridgehead atoms. The molecule has 0 fully saturated rings. The van der Waals surface area contributed by atoms with Crippen LogP contribution in [0.15, 0.2) is 42.5 Å². The molecule has 0 amide bonds. The van der Waals surface area contributed by atoms with Gasteiger partial charge in [0.25, 0.3) is 0 Å². The van der Waals surface area contributed by atoms with Gasteiger partial charge >= 0.3 is 5.69 Å². The minimum absolute atomic E-state index is 0.188. The molecule has 1 atom stereocenters. The molecule has 2 aromatic rings. The maximum Gasteiger partial charge on any atom is 0.311 e. The number of hydrogen-bond acceptors (Lipinski definition) is 4. The van der Waals surface area contributed by atoms with Gasteiger partial charge < -0.3 is 4.74 Å². The normalized spacial score (nSPS) is 11.8. The third-order valence-corrected chi connectivity index (χ3v) is 2.92. The van der Waals surface area contributed by atoms with Crippen molar-refractivity contribution >= 4 is 11.5 Å². The molecule has 5 nitrogen and oxygen atoms in total. The fourth-order valence-corrected chi connectivity index (χ4v) is 1.83. The van der Waals surface area contributed by atoms with Crippen LogP contribution in [0.3, 0.4) is 0 Å². The van der Waals surface area contributed by atoms with Gasteiger partial charge in [-0.15, -0.1) is 0 Å². The quantitative estimate of drug-likeness (QED) is 0.481. The Morgan fingerprint density at radius 3 is 2.32 bits per heavy atom. The van der Waals surface area contributed by atoms with Crippen LogP contribution in [0.2, 0.25) is 0 Å². The van der Waals surface area contributed by atoms with Crippen LogP contribution in [-0.2, 0) is 0 Å². The zero-order valence-electron chi connectivity index (χ0n) is 11.5. The molecule has 0 N–H and O–H groups in total. The minimum Gasteiger partial charge on any atom is -0.475 e. The second-order valence-corrected chi connectivity index (χ2v) is 4.50. The fraction of sp³-hybridized carbons (Fsp3) is 0.133. The topological polar surface area (TPSA) is 69.4 Å². The molecule has 114 valence electrons. The van der Waals surface area contributed by atoms with Gasteiger partial charge in [-0.2, -0.15) is 0 Å². The summed E-state index contributed by atoms with van der Waals surface area (Å²) >= 11 is 0. The van der Waals surface area contributed by atoms with Crippen molar-refractivity contribution in [2.45, 2.75) is 13.0 Å². The Hall–Kier alpha value is -2.83. The number of rotatable bonds is 5. The van der Waals surface area contributed by atoms with Gasteiger partial charge in [0.2, 0.25) is 11.5 Å². The lowest BCUT2D eigenvalue weighted by molar-refractivity contribution is -0.386. The number of ketones is 1. The highest BCUT2D eigenvalue weighted by molar-refractivity contribution is 5.99. The van der Waals surface area contributed by atoms with Crippen LogP contribution >= 0.6 is 0 Å². The van der Waals surface area contributed by atoms with Crippen molar-refractivity contribution in [2.75, 3.05) is 0 Å². The van der Waals surface area contributed by atoms with Gasteiger partial charge in [0.05, 0.1) is 4.92 Å². The number of ether oxygens (including phenoxy) is 1. The van der Waals surface area contributed by atoms with E-state index in [1.54, 1.807) is 0 Å². The van der Waals surface area contributed by atoms with Crippen molar-refractivity contribution in [1.82, 2.24) is 0 Å². The lowest BCUT2D eigenvalue weighted by atomic mass is 10.1. The number of nitrogens with zero attached hydrogens (tertiary/aromatic N) is 1. The molecule has 0 aliphatic rings. The third-order valence-electron chi connectivity index (χ3n) is 2.92. The molecule has 2 aromatic carbocycles. The molecule has 2 rings (SSSR count). The first-order chi connectivity index (χ1) is 10.4. The SMILES string of the molecule is CC(Oc1cc(F)ccc1[N+](=O)[O-])C(=O)c1ccc(F)cc1. The fourth-order valence-electron chi connectivity index (χ4n) is 1.83. The van der Waals surface area contributed by atoms with E-state index in [1.807, 2.05) is 0 Å². The summed E-state index contributed by atoms with van der Waals surface area (Å²) in [5, 5.41) is 10.9. The molecular weight excluding hydrogens is 296 g/mol. The lowest BCUT2D eigenvalue weighted by Crippen LogP contribution is -2.24. The van der Waals surface area contributed by atoms with E-state index in [1.165, 1.54) is 19.1 Å². The Labute approximate surface area is 124 Å². The van der Waals surface area contributed by atoms with E-state index in [0.717, 1.165) is 30.3 Å². The molecule has 0 saturated carbocycles. The first-order valence-electron chi connectivity index (χ1n) is 6.29. The number of benzene rings is 2. The van der Waals surface area contributed by atoms with Gasteiger partial charge in [-0.05, 0) is 37.3 Å². The summed E-state index contributed by atoms with van der Waals surface area (Å²) in [6, 6.07) is 7.51. The van der Waals surface area contributed by atoms with Crippen LogP contribution in [-0.4, -0.2) is 16.8 Å². The molecule has 0 spiro atoms. The van der Waals surface area contributed by atoms with Gasteiger partial charge in [-0.1, -0.05) is 0 Å². The predicted molar refractivity (Wildman–Crippen MR) is 73.9 cm³/mol. The van der Waals surface area contributed by atoms with E-state index in [0.29, 0.717) is 0 Å². The lowest BCUT2D eigenvalue weighted by Gasteiger charge is -2.13. The standard InChI is InChI=1S/C15H11F2NO4/c1-9(15(19)10-2-4-11(16)5-3-10)22-14-8-12(17)6-7-13(14)18(20)21/h2-9H,1H3.